The predicted molar refractivity (Wildman–Crippen MR) is 110 cm³/mol. The third-order valence-corrected chi connectivity index (χ3v) is 5.22. The Kier molecular flexibility index (Phi) is 4.65. The third kappa shape index (κ3) is 3.05. The molecule has 28 heavy (non-hydrogen) atoms. The first-order valence-electron chi connectivity index (χ1n) is 8.98. The molecule has 0 radical (unpaired) electrons. The van der Waals surface area contributed by atoms with Crippen molar-refractivity contribution in [1.29, 1.82) is 0 Å². The molecule has 0 unspecified atom stereocenters. The zero-order chi connectivity index (χ0) is 19.8. The molecule has 2 aromatic heterocycles. The molecule has 0 spiro atoms. The van der Waals surface area contributed by atoms with E-state index in [1.54, 1.807) is 6.07 Å². The number of aromatic nitrogens is 3. The number of benzene rings is 2. The first-order valence-corrected chi connectivity index (χ1v) is 9.36. The van der Waals surface area contributed by atoms with E-state index in [9.17, 15) is 9.59 Å². The molecule has 0 aliphatic rings. The molecule has 4 aromatic rings. The summed E-state index contributed by atoms with van der Waals surface area (Å²) in [5, 5.41) is 4.39. The zero-order valence-electron chi connectivity index (χ0n) is 15.5. The van der Waals surface area contributed by atoms with Gasteiger partial charge in [-0.1, -0.05) is 41.9 Å². The van der Waals surface area contributed by atoms with E-state index < -0.39 is 6.04 Å². The molecular weight excluding hydrogens is 376 g/mol. The van der Waals surface area contributed by atoms with Gasteiger partial charge in [-0.3, -0.25) is 14.3 Å². The van der Waals surface area contributed by atoms with Gasteiger partial charge in [-0.25, -0.2) is 4.52 Å². The summed E-state index contributed by atoms with van der Waals surface area (Å²) < 4.78 is 3.69. The second kappa shape index (κ2) is 7.13. The van der Waals surface area contributed by atoms with Crippen LogP contribution in [0.25, 0.3) is 16.6 Å². The van der Waals surface area contributed by atoms with Crippen LogP contribution < -0.4 is 10.9 Å². The van der Waals surface area contributed by atoms with Crippen LogP contribution in [-0.4, -0.2) is 20.1 Å². The normalized spacial score (nSPS) is 12.4. The number of carbonyl (C=O) groups is 1. The first-order chi connectivity index (χ1) is 13.5. The molecule has 4 rings (SSSR count). The van der Waals surface area contributed by atoms with E-state index in [4.69, 9.17) is 11.6 Å². The molecule has 0 bridgehead atoms. The van der Waals surface area contributed by atoms with E-state index in [1.165, 1.54) is 6.07 Å². The summed E-state index contributed by atoms with van der Waals surface area (Å²) in [7, 11) is 0. The summed E-state index contributed by atoms with van der Waals surface area (Å²) in [6, 6.07) is 16.0. The lowest BCUT2D eigenvalue weighted by Crippen LogP contribution is -2.32. The Balaban J connectivity index is 1.76. The van der Waals surface area contributed by atoms with Crippen molar-refractivity contribution >= 4 is 34.1 Å². The van der Waals surface area contributed by atoms with Gasteiger partial charge in [0.1, 0.15) is 6.04 Å². The smallest absolute Gasteiger partial charge is 0.273 e. The molecule has 0 fully saturated rings. The highest BCUT2D eigenvalue weighted by Crippen LogP contribution is 2.25. The van der Waals surface area contributed by atoms with Crippen molar-refractivity contribution in [3.05, 3.63) is 81.2 Å². The Hall–Kier alpha value is -3.12. The van der Waals surface area contributed by atoms with Gasteiger partial charge in [-0.2, -0.15) is 4.98 Å². The number of carbonyl (C=O) groups excluding carboxylic acids is 1. The summed E-state index contributed by atoms with van der Waals surface area (Å²) in [5.74, 6) is -0.152. The number of halogens is 1. The van der Waals surface area contributed by atoms with E-state index in [1.807, 2.05) is 65.5 Å². The van der Waals surface area contributed by atoms with E-state index in [0.29, 0.717) is 17.2 Å². The molecule has 142 valence electrons. The first kappa shape index (κ1) is 18.3. The molecule has 0 aliphatic carbocycles. The van der Waals surface area contributed by atoms with Crippen molar-refractivity contribution in [3.8, 4) is 0 Å². The Bertz CT molecular complexity index is 1260. The summed E-state index contributed by atoms with van der Waals surface area (Å²) in [6.07, 6.45) is 0. The number of nitrogens with one attached hydrogen (secondary N) is 1. The lowest BCUT2D eigenvalue weighted by atomic mass is 10.2. The molecular formula is C21H19ClN4O2. The molecule has 0 saturated carbocycles. The van der Waals surface area contributed by atoms with Crippen molar-refractivity contribution in [3.63, 3.8) is 0 Å². The van der Waals surface area contributed by atoms with Gasteiger partial charge in [0.25, 0.3) is 5.56 Å². The minimum atomic E-state index is -0.520. The van der Waals surface area contributed by atoms with Crippen molar-refractivity contribution in [2.45, 2.75) is 26.4 Å². The number of amides is 1. The predicted octanol–water partition coefficient (Wildman–Crippen LogP) is 3.49. The molecule has 7 heteroatoms. The largest absolute Gasteiger partial charge is 0.350 e. The van der Waals surface area contributed by atoms with Crippen LogP contribution in [0.2, 0.25) is 5.02 Å². The lowest BCUT2D eigenvalue weighted by Gasteiger charge is -2.18. The standard InChI is InChI=1S/C21H19ClN4O2/c1-13-11-19(27)24-20-16-8-4-6-10-18(16)26(25(13)20)14(2)21(28)23-12-15-7-3-5-9-17(15)22/h3-11,14H,12H2,1-2H3,(H,23,28)/t14-/m0/s1. The van der Waals surface area contributed by atoms with Gasteiger partial charge in [0, 0.05) is 28.7 Å². The minimum Gasteiger partial charge on any atom is -0.350 e. The quantitative estimate of drug-likeness (QED) is 0.576. The van der Waals surface area contributed by atoms with Crippen molar-refractivity contribution in [2.75, 3.05) is 0 Å². The van der Waals surface area contributed by atoms with Gasteiger partial charge in [-0.15, -0.1) is 0 Å². The Morgan fingerprint density at radius 1 is 1.18 bits per heavy atom. The van der Waals surface area contributed by atoms with Crippen LogP contribution in [0.1, 0.15) is 24.2 Å². The fraction of sp³-hybridized carbons (Fsp3) is 0.190. The maximum absolute atomic E-state index is 12.9. The highest BCUT2D eigenvalue weighted by atomic mass is 35.5. The highest BCUT2D eigenvalue weighted by Gasteiger charge is 2.22. The minimum absolute atomic E-state index is 0.152. The van der Waals surface area contributed by atoms with Crippen molar-refractivity contribution < 1.29 is 4.79 Å². The van der Waals surface area contributed by atoms with Crippen LogP contribution in [0.4, 0.5) is 0 Å². The molecule has 1 N–H and O–H groups in total. The monoisotopic (exact) mass is 394 g/mol. The number of fused-ring (bicyclic) bond motifs is 3. The molecule has 0 aliphatic heterocycles. The second-order valence-electron chi connectivity index (χ2n) is 6.72. The number of hydrogen-bond acceptors (Lipinski definition) is 3. The summed E-state index contributed by atoms with van der Waals surface area (Å²) in [4.78, 5) is 29.0. The highest BCUT2D eigenvalue weighted by molar-refractivity contribution is 6.31. The lowest BCUT2D eigenvalue weighted by molar-refractivity contribution is -0.124. The molecule has 6 nitrogen and oxygen atoms in total. The summed E-state index contributed by atoms with van der Waals surface area (Å²) in [6.45, 7) is 4.00. The van der Waals surface area contributed by atoms with Crippen molar-refractivity contribution in [2.24, 2.45) is 0 Å². The van der Waals surface area contributed by atoms with Crippen LogP contribution in [0.5, 0.6) is 0 Å². The third-order valence-electron chi connectivity index (χ3n) is 4.85. The maximum Gasteiger partial charge on any atom is 0.273 e. The van der Waals surface area contributed by atoms with E-state index >= 15 is 0 Å². The van der Waals surface area contributed by atoms with Gasteiger partial charge in [0.2, 0.25) is 5.91 Å². The van der Waals surface area contributed by atoms with E-state index in [0.717, 1.165) is 22.2 Å². The Labute approximate surface area is 166 Å². The molecule has 1 amide bonds. The van der Waals surface area contributed by atoms with Crippen LogP contribution in [0.15, 0.2) is 59.4 Å². The second-order valence-corrected chi connectivity index (χ2v) is 7.13. The van der Waals surface area contributed by atoms with Crippen LogP contribution in [0.3, 0.4) is 0 Å². The van der Waals surface area contributed by atoms with Gasteiger partial charge < -0.3 is 5.32 Å². The molecule has 0 saturated heterocycles. The summed E-state index contributed by atoms with van der Waals surface area (Å²) >= 11 is 6.18. The Morgan fingerprint density at radius 3 is 2.68 bits per heavy atom. The average molecular weight is 395 g/mol. The van der Waals surface area contributed by atoms with Crippen LogP contribution in [-0.2, 0) is 11.3 Å². The topological polar surface area (TPSA) is 68.4 Å². The van der Waals surface area contributed by atoms with Crippen LogP contribution in [0, 0.1) is 6.92 Å². The summed E-state index contributed by atoms with van der Waals surface area (Å²) in [5.41, 5.74) is 2.66. The van der Waals surface area contributed by atoms with Crippen LogP contribution >= 0.6 is 11.6 Å². The van der Waals surface area contributed by atoms with Gasteiger partial charge in [-0.05, 0) is 37.6 Å². The zero-order valence-corrected chi connectivity index (χ0v) is 16.3. The number of para-hydroxylation sites is 1. The molecule has 1 atom stereocenters. The maximum atomic E-state index is 12.9. The molecule has 2 aromatic carbocycles. The number of nitrogens with zero attached hydrogens (tertiary/aromatic N) is 3. The van der Waals surface area contributed by atoms with E-state index in [2.05, 4.69) is 10.3 Å². The fourth-order valence-electron chi connectivity index (χ4n) is 3.47. The van der Waals surface area contributed by atoms with Gasteiger partial charge in [0.15, 0.2) is 5.65 Å². The number of hydrogen-bond donors (Lipinski definition) is 1. The van der Waals surface area contributed by atoms with Crippen molar-refractivity contribution in [1.82, 2.24) is 19.5 Å². The number of aryl methyl sites for hydroxylation is 1. The fourth-order valence-corrected chi connectivity index (χ4v) is 3.67. The van der Waals surface area contributed by atoms with Gasteiger partial charge >= 0.3 is 0 Å². The average Bonchev–Trinajstić information content (AvgIpc) is 3.01. The Morgan fingerprint density at radius 2 is 1.89 bits per heavy atom. The molecule has 2 heterocycles. The SMILES string of the molecule is Cc1cc(=O)nc2c3ccccc3n([C@@H](C)C(=O)NCc3ccccc3Cl)n12. The van der Waals surface area contributed by atoms with Gasteiger partial charge in [0.05, 0.1) is 5.52 Å². The number of rotatable bonds is 4. The van der Waals surface area contributed by atoms with E-state index in [-0.39, 0.29) is 11.5 Å².